The van der Waals surface area contributed by atoms with Gasteiger partial charge in [0.2, 0.25) is 5.88 Å². The van der Waals surface area contributed by atoms with Crippen LogP contribution in [0.15, 0.2) is 43.0 Å². The van der Waals surface area contributed by atoms with Gasteiger partial charge in [-0.15, -0.1) is 0 Å². The molecule has 1 atom stereocenters. The summed E-state index contributed by atoms with van der Waals surface area (Å²) in [5, 5.41) is 7.20. The second-order valence-corrected chi connectivity index (χ2v) is 11.3. The molecular formula is C27H34N10O2S. The van der Waals surface area contributed by atoms with Crippen LogP contribution in [0.1, 0.15) is 38.4 Å². The number of carbonyl (C=O) groups is 1. The Balaban J connectivity index is 1.17. The van der Waals surface area contributed by atoms with E-state index in [9.17, 15) is 4.79 Å². The van der Waals surface area contributed by atoms with Crippen LogP contribution in [0.2, 0.25) is 0 Å². The van der Waals surface area contributed by atoms with E-state index in [0.717, 1.165) is 68.1 Å². The largest absolute Gasteiger partial charge is 0.481 e. The van der Waals surface area contributed by atoms with Gasteiger partial charge < -0.3 is 9.64 Å². The van der Waals surface area contributed by atoms with Crippen molar-refractivity contribution in [1.82, 2.24) is 39.8 Å². The normalized spacial score (nSPS) is 18.5. The number of hydrazine groups is 1. The minimum absolute atomic E-state index is 0.110. The lowest BCUT2D eigenvalue weighted by Crippen LogP contribution is -2.55. The molecular weight excluding hydrogens is 528 g/mol. The highest BCUT2D eigenvalue weighted by Crippen LogP contribution is 2.38. The van der Waals surface area contributed by atoms with Crippen LogP contribution in [0.25, 0.3) is 16.2 Å². The van der Waals surface area contributed by atoms with Gasteiger partial charge in [-0.1, -0.05) is 17.4 Å². The number of amides is 2. The van der Waals surface area contributed by atoms with Gasteiger partial charge in [0, 0.05) is 51.0 Å². The molecule has 13 heteroatoms. The second-order valence-electron chi connectivity index (χ2n) is 10.3. The van der Waals surface area contributed by atoms with E-state index >= 15 is 0 Å². The minimum Gasteiger partial charge on any atom is -0.481 e. The Morgan fingerprint density at radius 3 is 2.75 bits per heavy atom. The molecule has 6 heterocycles. The number of nitrogens with one attached hydrogen (secondary N) is 2. The van der Waals surface area contributed by atoms with E-state index in [-0.39, 0.29) is 12.1 Å². The molecule has 0 saturated carbocycles. The number of methoxy groups -OCH3 is 1. The van der Waals surface area contributed by atoms with Crippen molar-refractivity contribution in [3.05, 3.63) is 48.7 Å². The van der Waals surface area contributed by atoms with Crippen molar-refractivity contribution in [2.24, 2.45) is 0 Å². The van der Waals surface area contributed by atoms with Crippen molar-refractivity contribution >= 4 is 39.2 Å². The zero-order valence-corrected chi connectivity index (χ0v) is 23.8. The van der Waals surface area contributed by atoms with Gasteiger partial charge in [-0.25, -0.2) is 29.7 Å². The van der Waals surface area contributed by atoms with Crippen LogP contribution in [0.5, 0.6) is 5.88 Å². The number of ether oxygens (including phenoxy) is 1. The molecule has 2 aliphatic heterocycles. The first-order chi connectivity index (χ1) is 19.5. The number of thiazole rings is 1. The maximum Gasteiger partial charge on any atom is 0.334 e. The fraction of sp³-hybridized carbons (Fsp3) is 0.444. The highest BCUT2D eigenvalue weighted by atomic mass is 32.1. The van der Waals surface area contributed by atoms with Crippen LogP contribution in [-0.2, 0) is 0 Å². The highest BCUT2D eigenvalue weighted by Gasteiger charge is 2.30. The topological polar surface area (TPSA) is 117 Å². The third-order valence-electron chi connectivity index (χ3n) is 7.52. The second kappa shape index (κ2) is 11.4. The van der Waals surface area contributed by atoms with Crippen molar-refractivity contribution < 1.29 is 9.53 Å². The number of fused-ring (bicyclic) bond motifs is 1. The van der Waals surface area contributed by atoms with Gasteiger partial charge in [0.25, 0.3) is 0 Å². The number of pyridine rings is 1. The molecule has 6 rings (SSSR count). The van der Waals surface area contributed by atoms with Gasteiger partial charge >= 0.3 is 6.03 Å². The van der Waals surface area contributed by atoms with Crippen LogP contribution in [0.4, 0.5) is 15.6 Å². The molecule has 1 unspecified atom stereocenters. The lowest BCUT2D eigenvalue weighted by atomic mass is 10.1. The van der Waals surface area contributed by atoms with Gasteiger partial charge in [-0.3, -0.25) is 20.2 Å². The van der Waals surface area contributed by atoms with Crippen LogP contribution in [-0.4, -0.2) is 86.3 Å². The minimum atomic E-state index is -0.263. The van der Waals surface area contributed by atoms with Gasteiger partial charge in [-0.2, -0.15) is 0 Å². The van der Waals surface area contributed by atoms with E-state index in [1.807, 2.05) is 40.0 Å². The van der Waals surface area contributed by atoms with Crippen LogP contribution in [0, 0.1) is 0 Å². The van der Waals surface area contributed by atoms with Crippen molar-refractivity contribution in [2.45, 2.75) is 38.8 Å². The molecule has 0 radical (unpaired) electrons. The maximum atomic E-state index is 12.6. The van der Waals surface area contributed by atoms with Crippen LogP contribution >= 0.6 is 11.3 Å². The summed E-state index contributed by atoms with van der Waals surface area (Å²) >= 11 is 1.39. The highest BCUT2D eigenvalue weighted by molar-refractivity contribution is 7.18. The summed E-state index contributed by atoms with van der Waals surface area (Å²) in [5.41, 5.74) is 4.69. The average molecular weight is 563 g/mol. The predicted octanol–water partition coefficient (Wildman–Crippen LogP) is 3.68. The number of anilines is 2. The molecule has 2 saturated heterocycles. The lowest BCUT2D eigenvalue weighted by Gasteiger charge is -2.36. The lowest BCUT2D eigenvalue weighted by molar-refractivity contribution is 0.0831. The zero-order valence-electron chi connectivity index (χ0n) is 22.9. The summed E-state index contributed by atoms with van der Waals surface area (Å²) < 4.78 is 7.29. The molecule has 2 aliphatic rings. The third-order valence-corrected chi connectivity index (χ3v) is 8.43. The molecule has 12 nitrogen and oxygen atoms in total. The van der Waals surface area contributed by atoms with Crippen LogP contribution in [0.3, 0.4) is 0 Å². The SMILES string of the molecule is COc1cccc(C2CCCN2c2ncnc3c2ccn3-c2ncc(NC(=O)NN3CCN(C(C)C)CC3)s2)n1. The summed E-state index contributed by atoms with van der Waals surface area (Å²) in [7, 11) is 1.64. The number of carbonyl (C=O) groups excluding carboxylic acids is 1. The fourth-order valence-electron chi connectivity index (χ4n) is 5.45. The summed E-state index contributed by atoms with van der Waals surface area (Å²) in [6.07, 6.45) is 7.27. The monoisotopic (exact) mass is 562 g/mol. The number of piperazine rings is 1. The summed E-state index contributed by atoms with van der Waals surface area (Å²) in [6.45, 7) is 8.73. The molecule has 0 aliphatic carbocycles. The molecule has 40 heavy (non-hydrogen) atoms. The molecule has 0 bridgehead atoms. The Labute approximate surface area is 237 Å². The Bertz CT molecular complexity index is 1480. The number of urea groups is 1. The summed E-state index contributed by atoms with van der Waals surface area (Å²) in [5.74, 6) is 1.49. The van der Waals surface area contributed by atoms with E-state index in [4.69, 9.17) is 4.74 Å². The number of nitrogens with zero attached hydrogens (tertiary/aromatic N) is 8. The van der Waals surface area contributed by atoms with Crippen molar-refractivity contribution in [2.75, 3.05) is 50.1 Å². The van der Waals surface area contributed by atoms with Gasteiger partial charge in [0.1, 0.15) is 17.1 Å². The van der Waals surface area contributed by atoms with E-state index < -0.39 is 0 Å². The summed E-state index contributed by atoms with van der Waals surface area (Å²) in [4.78, 5) is 35.9. The Morgan fingerprint density at radius 2 is 1.95 bits per heavy atom. The molecule has 4 aromatic rings. The average Bonchev–Trinajstić information content (AvgIpc) is 3.73. The smallest absolute Gasteiger partial charge is 0.334 e. The first kappa shape index (κ1) is 26.4. The van der Waals surface area contributed by atoms with Crippen molar-refractivity contribution in [3.8, 4) is 11.0 Å². The molecule has 2 N–H and O–H groups in total. The number of hydrogen-bond acceptors (Lipinski definition) is 10. The quantitative estimate of drug-likeness (QED) is 0.348. The first-order valence-corrected chi connectivity index (χ1v) is 14.4. The van der Waals surface area contributed by atoms with Gasteiger partial charge in [-0.05, 0) is 38.8 Å². The first-order valence-electron chi connectivity index (χ1n) is 13.6. The van der Waals surface area contributed by atoms with Gasteiger partial charge in [0.15, 0.2) is 10.8 Å². The molecule has 2 amide bonds. The molecule has 210 valence electrons. The number of rotatable bonds is 7. The predicted molar refractivity (Wildman–Crippen MR) is 155 cm³/mol. The van der Waals surface area contributed by atoms with E-state index in [0.29, 0.717) is 22.1 Å². The van der Waals surface area contributed by atoms with Crippen LogP contribution < -0.4 is 20.4 Å². The van der Waals surface area contributed by atoms with E-state index in [1.54, 1.807) is 19.6 Å². The third kappa shape index (κ3) is 5.31. The summed E-state index contributed by atoms with van der Waals surface area (Å²) in [6, 6.07) is 8.27. The molecule has 0 aromatic carbocycles. The number of aromatic nitrogens is 5. The van der Waals surface area contributed by atoms with Crippen molar-refractivity contribution in [1.29, 1.82) is 0 Å². The number of hydrogen-bond donors (Lipinski definition) is 2. The van der Waals surface area contributed by atoms with E-state index in [2.05, 4.69) is 54.3 Å². The zero-order chi connectivity index (χ0) is 27.6. The molecule has 4 aromatic heterocycles. The molecule has 0 spiro atoms. The fourth-order valence-corrected chi connectivity index (χ4v) is 6.24. The molecule has 2 fully saturated rings. The standard InChI is InChI=1S/C27H34N10O2S/c1-18(2)34-12-14-35(15-13-34)33-26(38)32-23-16-28-27(40-23)37-11-9-19-24(29-17-30-25(19)37)36-10-5-7-21(36)20-6-4-8-22(31-20)39-3/h4,6,8-9,11,16-18,21H,5,7,10,12-15H2,1-3H3,(H2,32,33,38). The Kier molecular flexibility index (Phi) is 7.50. The van der Waals surface area contributed by atoms with Gasteiger partial charge in [0.05, 0.1) is 30.4 Å². The Morgan fingerprint density at radius 1 is 1.10 bits per heavy atom. The maximum absolute atomic E-state index is 12.6. The Hall–Kier alpha value is -3.81. The van der Waals surface area contributed by atoms with Crippen molar-refractivity contribution in [3.63, 3.8) is 0 Å². The van der Waals surface area contributed by atoms with E-state index in [1.165, 1.54) is 11.3 Å².